The number of piperidine rings is 1. The normalized spacial score (nSPS) is 25.6. The average Bonchev–Trinajstić information content (AvgIpc) is 2.54. The van der Waals surface area contributed by atoms with E-state index in [2.05, 4.69) is 33.0 Å². The monoisotopic (exact) mass is 361 g/mol. The fraction of sp³-hybridized carbons (Fsp3) is 0.667. The first-order valence-corrected chi connectivity index (χ1v) is 9.32. The lowest BCUT2D eigenvalue weighted by Gasteiger charge is -2.55. The van der Waals surface area contributed by atoms with Gasteiger partial charge in [-0.05, 0) is 39.8 Å². The first kappa shape index (κ1) is 19.3. The van der Waals surface area contributed by atoms with Crippen LogP contribution in [0.4, 0.5) is 0 Å². The standard InChI is InChI=1S/C21H31NO4/c1-18(2)11-21(12-19(3,4)22-18)25-14-20(5,15-26-21)13-24-17(23)16-9-7-6-8-10-16/h6-10,22H,11-15H2,1-5H3. The predicted octanol–water partition coefficient (Wildman–Crippen LogP) is 3.53. The van der Waals surface area contributed by atoms with Crippen LogP contribution >= 0.6 is 0 Å². The summed E-state index contributed by atoms with van der Waals surface area (Å²) < 4.78 is 18.1. The molecule has 3 rings (SSSR count). The fourth-order valence-corrected chi connectivity index (χ4v) is 4.29. The van der Waals surface area contributed by atoms with Crippen molar-refractivity contribution in [3.8, 4) is 0 Å². The van der Waals surface area contributed by atoms with Gasteiger partial charge in [-0.3, -0.25) is 0 Å². The minimum atomic E-state index is -0.568. The molecule has 0 atom stereocenters. The van der Waals surface area contributed by atoms with Gasteiger partial charge >= 0.3 is 5.97 Å². The summed E-state index contributed by atoms with van der Waals surface area (Å²) in [5.74, 6) is -0.877. The first-order valence-electron chi connectivity index (χ1n) is 9.32. The molecule has 2 heterocycles. The Labute approximate surface area is 156 Å². The molecule has 2 aliphatic rings. The number of esters is 1. The van der Waals surface area contributed by atoms with E-state index < -0.39 is 5.79 Å². The number of nitrogens with one attached hydrogen (secondary N) is 1. The third-order valence-corrected chi connectivity index (χ3v) is 5.03. The Kier molecular flexibility index (Phi) is 4.93. The largest absolute Gasteiger partial charge is 0.461 e. The zero-order valence-corrected chi connectivity index (χ0v) is 16.6. The molecule has 5 heteroatoms. The van der Waals surface area contributed by atoms with Gasteiger partial charge in [0.2, 0.25) is 0 Å². The minimum absolute atomic E-state index is 0.0603. The van der Waals surface area contributed by atoms with Crippen LogP contribution in [0.25, 0.3) is 0 Å². The zero-order valence-electron chi connectivity index (χ0n) is 16.6. The van der Waals surface area contributed by atoms with Gasteiger partial charge < -0.3 is 19.5 Å². The van der Waals surface area contributed by atoms with Gasteiger partial charge in [-0.2, -0.15) is 0 Å². The van der Waals surface area contributed by atoms with Gasteiger partial charge in [-0.15, -0.1) is 0 Å². The number of benzene rings is 1. The minimum Gasteiger partial charge on any atom is -0.461 e. The fourth-order valence-electron chi connectivity index (χ4n) is 4.29. The van der Waals surface area contributed by atoms with Gasteiger partial charge in [0.1, 0.15) is 6.61 Å². The maximum absolute atomic E-state index is 12.2. The number of carbonyl (C=O) groups excluding carboxylic acids is 1. The molecule has 0 amide bonds. The second kappa shape index (κ2) is 6.63. The van der Waals surface area contributed by atoms with Crippen molar-refractivity contribution < 1.29 is 19.0 Å². The summed E-state index contributed by atoms with van der Waals surface area (Å²) in [6.45, 7) is 12.1. The highest BCUT2D eigenvalue weighted by atomic mass is 16.7. The lowest BCUT2D eigenvalue weighted by Crippen LogP contribution is -2.67. The van der Waals surface area contributed by atoms with E-state index in [1.165, 1.54) is 0 Å². The number of hydrogen-bond donors (Lipinski definition) is 1. The highest BCUT2D eigenvalue weighted by Gasteiger charge is 2.52. The Morgan fingerprint density at radius 3 is 2.08 bits per heavy atom. The van der Waals surface area contributed by atoms with Crippen molar-refractivity contribution in [3.05, 3.63) is 35.9 Å². The second-order valence-corrected chi connectivity index (χ2v) is 9.49. The third-order valence-electron chi connectivity index (χ3n) is 5.03. The van der Waals surface area contributed by atoms with E-state index in [0.29, 0.717) is 18.8 Å². The van der Waals surface area contributed by atoms with Crippen molar-refractivity contribution in [2.45, 2.75) is 64.3 Å². The Bertz CT molecular complexity index is 627. The Hall–Kier alpha value is -1.43. The van der Waals surface area contributed by atoms with Gasteiger partial charge in [0.05, 0.1) is 18.8 Å². The lowest BCUT2D eigenvalue weighted by molar-refractivity contribution is -0.329. The van der Waals surface area contributed by atoms with Crippen molar-refractivity contribution in [2.24, 2.45) is 5.41 Å². The molecule has 5 nitrogen and oxygen atoms in total. The highest BCUT2D eigenvalue weighted by Crippen LogP contribution is 2.43. The summed E-state index contributed by atoms with van der Waals surface area (Å²) in [5.41, 5.74) is 0.103. The molecule has 0 saturated carbocycles. The topological polar surface area (TPSA) is 56.8 Å². The van der Waals surface area contributed by atoms with Gasteiger partial charge in [-0.25, -0.2) is 4.79 Å². The van der Waals surface area contributed by atoms with Crippen LogP contribution in [0.15, 0.2) is 30.3 Å². The zero-order chi connectivity index (χ0) is 19.1. The number of hydrogen-bond acceptors (Lipinski definition) is 5. The predicted molar refractivity (Wildman–Crippen MR) is 100.0 cm³/mol. The van der Waals surface area contributed by atoms with Crippen LogP contribution in [0.2, 0.25) is 0 Å². The van der Waals surface area contributed by atoms with Crippen LogP contribution in [-0.4, -0.2) is 42.7 Å². The van der Waals surface area contributed by atoms with Gasteiger partial charge in [0.25, 0.3) is 0 Å². The van der Waals surface area contributed by atoms with E-state index in [-0.39, 0.29) is 29.1 Å². The molecule has 0 bridgehead atoms. The van der Waals surface area contributed by atoms with E-state index in [0.717, 1.165) is 12.8 Å². The summed E-state index contributed by atoms with van der Waals surface area (Å²) >= 11 is 0. The molecule has 2 aliphatic heterocycles. The van der Waals surface area contributed by atoms with E-state index in [1.54, 1.807) is 12.1 Å². The molecule has 2 saturated heterocycles. The molecular formula is C21H31NO4. The molecule has 1 N–H and O–H groups in total. The Morgan fingerprint density at radius 2 is 1.54 bits per heavy atom. The second-order valence-electron chi connectivity index (χ2n) is 9.49. The lowest BCUT2D eigenvalue weighted by atomic mass is 9.77. The van der Waals surface area contributed by atoms with Crippen molar-refractivity contribution in [2.75, 3.05) is 19.8 Å². The van der Waals surface area contributed by atoms with E-state index in [4.69, 9.17) is 14.2 Å². The molecule has 0 unspecified atom stereocenters. The van der Waals surface area contributed by atoms with Crippen molar-refractivity contribution >= 4 is 5.97 Å². The Balaban J connectivity index is 1.59. The van der Waals surface area contributed by atoms with Crippen LogP contribution in [0.3, 0.4) is 0 Å². The maximum Gasteiger partial charge on any atom is 0.338 e. The maximum atomic E-state index is 12.2. The summed E-state index contributed by atoms with van der Waals surface area (Å²) in [4.78, 5) is 12.2. The van der Waals surface area contributed by atoms with Crippen LogP contribution in [0.5, 0.6) is 0 Å². The molecule has 0 aliphatic carbocycles. The number of carbonyl (C=O) groups is 1. The van der Waals surface area contributed by atoms with Gasteiger partial charge in [0, 0.05) is 29.3 Å². The highest BCUT2D eigenvalue weighted by molar-refractivity contribution is 5.89. The summed E-state index contributed by atoms with van der Waals surface area (Å²) in [5, 5.41) is 3.65. The van der Waals surface area contributed by atoms with Crippen LogP contribution in [0, 0.1) is 5.41 Å². The summed E-state index contributed by atoms with van der Waals surface area (Å²) in [6.07, 6.45) is 1.59. The Morgan fingerprint density at radius 1 is 1.00 bits per heavy atom. The molecule has 0 radical (unpaired) electrons. The SMILES string of the molecule is CC1(COC(=O)c2ccccc2)COC2(CC(C)(C)NC(C)(C)C2)OC1. The molecular weight excluding hydrogens is 330 g/mol. The van der Waals surface area contributed by atoms with Crippen LogP contribution in [0.1, 0.15) is 57.8 Å². The first-order chi connectivity index (χ1) is 12.0. The average molecular weight is 361 g/mol. The van der Waals surface area contributed by atoms with Crippen molar-refractivity contribution in [1.29, 1.82) is 0 Å². The van der Waals surface area contributed by atoms with Gasteiger partial charge in [-0.1, -0.05) is 25.1 Å². The summed E-state index contributed by atoms with van der Waals surface area (Å²) in [6, 6.07) is 9.05. The van der Waals surface area contributed by atoms with Crippen LogP contribution < -0.4 is 5.32 Å². The molecule has 1 spiro atoms. The molecule has 1 aromatic rings. The quantitative estimate of drug-likeness (QED) is 0.835. The third kappa shape index (κ3) is 4.45. The smallest absolute Gasteiger partial charge is 0.338 e. The van der Waals surface area contributed by atoms with E-state index in [1.807, 2.05) is 25.1 Å². The van der Waals surface area contributed by atoms with E-state index >= 15 is 0 Å². The molecule has 26 heavy (non-hydrogen) atoms. The summed E-state index contributed by atoms with van der Waals surface area (Å²) in [7, 11) is 0. The number of rotatable bonds is 3. The molecule has 1 aromatic carbocycles. The van der Waals surface area contributed by atoms with Crippen LogP contribution in [-0.2, 0) is 14.2 Å². The van der Waals surface area contributed by atoms with Gasteiger partial charge in [0.15, 0.2) is 5.79 Å². The van der Waals surface area contributed by atoms with Crippen molar-refractivity contribution in [3.63, 3.8) is 0 Å². The molecule has 0 aromatic heterocycles. The van der Waals surface area contributed by atoms with E-state index in [9.17, 15) is 4.79 Å². The molecule has 2 fully saturated rings. The number of ether oxygens (including phenoxy) is 3. The van der Waals surface area contributed by atoms with Crippen molar-refractivity contribution in [1.82, 2.24) is 5.32 Å². The molecule has 144 valence electrons.